The summed E-state index contributed by atoms with van der Waals surface area (Å²) in [6.45, 7) is 1.83. The lowest BCUT2D eigenvalue weighted by Gasteiger charge is -2.37. The SMILES string of the molecule is CN(C(=O)c1cnn(C)c1)C1CCN(c2nccc3sccc23)CC1. The van der Waals surface area contributed by atoms with Crippen molar-refractivity contribution in [3.8, 4) is 0 Å². The second-order valence-electron chi connectivity index (χ2n) is 6.50. The van der Waals surface area contributed by atoms with Gasteiger partial charge < -0.3 is 9.80 Å². The molecule has 3 aromatic heterocycles. The Labute approximate surface area is 150 Å². The number of aryl methyl sites for hydroxylation is 1. The minimum absolute atomic E-state index is 0.0459. The molecule has 4 rings (SSSR count). The molecule has 0 N–H and O–H groups in total. The summed E-state index contributed by atoms with van der Waals surface area (Å²) < 4.78 is 2.94. The van der Waals surface area contributed by atoms with Crippen LogP contribution in [0, 0.1) is 0 Å². The molecule has 130 valence electrons. The molecule has 4 heterocycles. The highest BCUT2D eigenvalue weighted by molar-refractivity contribution is 7.17. The Kier molecular flexibility index (Phi) is 4.17. The minimum atomic E-state index is 0.0459. The topological polar surface area (TPSA) is 54.3 Å². The lowest BCUT2D eigenvalue weighted by atomic mass is 10.0. The monoisotopic (exact) mass is 355 g/mol. The summed E-state index contributed by atoms with van der Waals surface area (Å²) in [6.07, 6.45) is 7.19. The molecule has 0 aromatic carbocycles. The standard InChI is InChI=1S/C18H21N5OS/c1-21-12-13(11-20-21)18(24)22(2)14-4-8-23(9-5-14)17-15-6-10-25-16(15)3-7-19-17/h3,6-7,10-12,14H,4-5,8-9H2,1-2H3. The lowest BCUT2D eigenvalue weighted by molar-refractivity contribution is 0.0709. The maximum absolute atomic E-state index is 12.6. The van der Waals surface area contributed by atoms with Gasteiger partial charge in [-0.05, 0) is 30.4 Å². The molecule has 1 aliphatic rings. The highest BCUT2D eigenvalue weighted by Gasteiger charge is 2.27. The van der Waals surface area contributed by atoms with Crippen molar-refractivity contribution < 1.29 is 4.79 Å². The van der Waals surface area contributed by atoms with Gasteiger partial charge in [0, 0.05) is 55.7 Å². The van der Waals surface area contributed by atoms with Gasteiger partial charge in [0.2, 0.25) is 0 Å². The summed E-state index contributed by atoms with van der Waals surface area (Å²) in [5.41, 5.74) is 0.650. The summed E-state index contributed by atoms with van der Waals surface area (Å²) in [7, 11) is 3.72. The third kappa shape index (κ3) is 3.00. The first-order valence-electron chi connectivity index (χ1n) is 8.46. The number of carbonyl (C=O) groups is 1. The Morgan fingerprint density at radius 1 is 1.32 bits per heavy atom. The third-order valence-electron chi connectivity index (χ3n) is 4.94. The van der Waals surface area contributed by atoms with Crippen LogP contribution in [0.15, 0.2) is 36.1 Å². The van der Waals surface area contributed by atoms with Crippen LogP contribution >= 0.6 is 11.3 Å². The van der Waals surface area contributed by atoms with Crippen molar-refractivity contribution in [1.82, 2.24) is 19.7 Å². The average Bonchev–Trinajstić information content (AvgIpc) is 3.29. The molecule has 0 aliphatic carbocycles. The first kappa shape index (κ1) is 16.1. The number of nitrogens with zero attached hydrogens (tertiary/aromatic N) is 5. The fourth-order valence-electron chi connectivity index (χ4n) is 3.50. The van der Waals surface area contributed by atoms with Crippen molar-refractivity contribution in [3.63, 3.8) is 0 Å². The highest BCUT2D eigenvalue weighted by atomic mass is 32.1. The van der Waals surface area contributed by atoms with E-state index in [1.165, 1.54) is 10.1 Å². The Hall–Kier alpha value is -2.41. The zero-order valence-electron chi connectivity index (χ0n) is 14.4. The molecule has 7 heteroatoms. The van der Waals surface area contributed by atoms with Crippen LogP contribution in [0.4, 0.5) is 5.82 Å². The molecule has 0 unspecified atom stereocenters. The number of hydrogen-bond acceptors (Lipinski definition) is 5. The number of amides is 1. The van der Waals surface area contributed by atoms with Gasteiger partial charge in [0.15, 0.2) is 0 Å². The van der Waals surface area contributed by atoms with Crippen LogP contribution < -0.4 is 4.90 Å². The molecule has 0 saturated carbocycles. The Bertz CT molecular complexity index is 894. The second-order valence-corrected chi connectivity index (χ2v) is 7.45. The number of carbonyl (C=O) groups excluding carboxylic acids is 1. The molecule has 1 amide bonds. The minimum Gasteiger partial charge on any atom is -0.356 e. The number of fused-ring (bicyclic) bond motifs is 1. The molecule has 3 aromatic rings. The van der Waals surface area contributed by atoms with Crippen molar-refractivity contribution in [1.29, 1.82) is 0 Å². The molecule has 0 atom stereocenters. The summed E-state index contributed by atoms with van der Waals surface area (Å²) in [4.78, 5) is 21.4. The van der Waals surface area contributed by atoms with Gasteiger partial charge in [0.05, 0.1) is 11.8 Å². The molecule has 25 heavy (non-hydrogen) atoms. The first-order valence-corrected chi connectivity index (χ1v) is 9.34. The molecule has 6 nitrogen and oxygen atoms in total. The third-order valence-corrected chi connectivity index (χ3v) is 5.82. The van der Waals surface area contributed by atoms with Gasteiger partial charge in [-0.25, -0.2) is 4.98 Å². The normalized spacial score (nSPS) is 15.7. The molecule has 1 fully saturated rings. The zero-order chi connectivity index (χ0) is 17.4. The maximum Gasteiger partial charge on any atom is 0.257 e. The number of piperidine rings is 1. The van der Waals surface area contributed by atoms with Gasteiger partial charge in [-0.15, -0.1) is 11.3 Å². The number of rotatable bonds is 3. The van der Waals surface area contributed by atoms with Crippen LogP contribution in [0.3, 0.4) is 0 Å². The number of hydrogen-bond donors (Lipinski definition) is 0. The quantitative estimate of drug-likeness (QED) is 0.725. The molecule has 0 radical (unpaired) electrons. The predicted octanol–water partition coefficient (Wildman–Crippen LogP) is 2.77. The fourth-order valence-corrected chi connectivity index (χ4v) is 4.27. The largest absolute Gasteiger partial charge is 0.356 e. The van der Waals surface area contributed by atoms with Crippen molar-refractivity contribution in [3.05, 3.63) is 41.7 Å². The number of pyridine rings is 1. The Morgan fingerprint density at radius 2 is 2.12 bits per heavy atom. The van der Waals surface area contributed by atoms with Crippen LogP contribution in [0.2, 0.25) is 0 Å². The lowest BCUT2D eigenvalue weighted by Crippen LogP contribution is -2.45. The van der Waals surface area contributed by atoms with Crippen molar-refractivity contribution in [2.24, 2.45) is 7.05 Å². The van der Waals surface area contributed by atoms with Gasteiger partial charge in [0.25, 0.3) is 5.91 Å². The molecule has 1 aliphatic heterocycles. The molecular formula is C18H21N5OS. The van der Waals surface area contributed by atoms with Crippen molar-refractivity contribution >= 4 is 33.1 Å². The fraction of sp³-hybridized carbons (Fsp3) is 0.389. The van der Waals surface area contributed by atoms with Gasteiger partial charge in [-0.3, -0.25) is 9.48 Å². The zero-order valence-corrected chi connectivity index (χ0v) is 15.2. The number of anilines is 1. The van der Waals surface area contributed by atoms with E-state index >= 15 is 0 Å². The van der Waals surface area contributed by atoms with Gasteiger partial charge in [-0.2, -0.15) is 5.10 Å². The van der Waals surface area contributed by atoms with E-state index in [-0.39, 0.29) is 11.9 Å². The van der Waals surface area contributed by atoms with E-state index in [9.17, 15) is 4.79 Å². The van der Waals surface area contributed by atoms with E-state index < -0.39 is 0 Å². The van der Waals surface area contributed by atoms with E-state index in [0.717, 1.165) is 31.7 Å². The highest BCUT2D eigenvalue weighted by Crippen LogP contribution is 2.30. The van der Waals surface area contributed by atoms with Crippen LogP contribution in [-0.2, 0) is 7.05 Å². The summed E-state index contributed by atoms with van der Waals surface area (Å²) >= 11 is 1.75. The summed E-state index contributed by atoms with van der Waals surface area (Å²) in [5, 5.41) is 7.44. The molecule has 0 spiro atoms. The predicted molar refractivity (Wildman–Crippen MR) is 100 cm³/mol. The summed E-state index contributed by atoms with van der Waals surface area (Å²) in [6, 6.07) is 4.47. The number of aromatic nitrogens is 3. The van der Waals surface area contributed by atoms with E-state index in [0.29, 0.717) is 5.56 Å². The first-order chi connectivity index (χ1) is 12.1. The molecule has 1 saturated heterocycles. The van der Waals surface area contributed by atoms with Gasteiger partial charge in [-0.1, -0.05) is 0 Å². The van der Waals surface area contributed by atoms with Gasteiger partial charge >= 0.3 is 0 Å². The van der Waals surface area contributed by atoms with E-state index in [4.69, 9.17) is 0 Å². The molecular weight excluding hydrogens is 334 g/mol. The van der Waals surface area contributed by atoms with Crippen molar-refractivity contribution in [2.75, 3.05) is 25.0 Å². The average molecular weight is 355 g/mol. The van der Waals surface area contributed by atoms with E-state index in [1.54, 1.807) is 28.4 Å². The number of thiophene rings is 1. The second kappa shape index (κ2) is 6.48. The van der Waals surface area contributed by atoms with Crippen LogP contribution in [-0.4, -0.2) is 51.8 Å². The summed E-state index contributed by atoms with van der Waals surface area (Å²) in [5.74, 6) is 1.11. The van der Waals surface area contributed by atoms with Crippen LogP contribution in [0.1, 0.15) is 23.2 Å². The van der Waals surface area contributed by atoms with Crippen LogP contribution in [0.25, 0.3) is 10.1 Å². The smallest absolute Gasteiger partial charge is 0.257 e. The van der Waals surface area contributed by atoms with Crippen LogP contribution in [0.5, 0.6) is 0 Å². The molecule has 0 bridgehead atoms. The van der Waals surface area contributed by atoms with Gasteiger partial charge in [0.1, 0.15) is 5.82 Å². The van der Waals surface area contributed by atoms with Crippen molar-refractivity contribution in [2.45, 2.75) is 18.9 Å². The maximum atomic E-state index is 12.6. The van der Waals surface area contributed by atoms with E-state index in [2.05, 4.69) is 32.5 Å². The van der Waals surface area contributed by atoms with E-state index in [1.807, 2.05) is 25.2 Å². The Morgan fingerprint density at radius 3 is 2.84 bits per heavy atom. The Balaban J connectivity index is 1.44.